The zero-order chi connectivity index (χ0) is 24.2. The first-order valence-electron chi connectivity index (χ1n) is 11.2. The summed E-state index contributed by atoms with van der Waals surface area (Å²) >= 11 is 0. The van der Waals surface area contributed by atoms with Crippen molar-refractivity contribution in [2.75, 3.05) is 13.2 Å². The van der Waals surface area contributed by atoms with Gasteiger partial charge in [-0.2, -0.15) is 0 Å². The maximum absolute atomic E-state index is 12.9. The van der Waals surface area contributed by atoms with E-state index in [-0.39, 0.29) is 24.8 Å². The standard InChI is InChI=1S/C26H27N3O5/c1-15-5-7-19(8-6-15)9-10-23(30)27-11-12-32-26(31)21-14-22(20-13-16(2)33-18(20)4)28-25-24(21)17(3)29-34-25/h5-8,13-14H,9-12H2,1-4H3,(H,27,30). The number of fused-ring (bicyclic) bond motifs is 1. The summed E-state index contributed by atoms with van der Waals surface area (Å²) in [5.41, 5.74) is 4.71. The number of aryl methyl sites for hydroxylation is 5. The number of hydrogen-bond donors (Lipinski definition) is 1. The highest BCUT2D eigenvalue weighted by Gasteiger charge is 2.22. The van der Waals surface area contributed by atoms with E-state index in [2.05, 4.69) is 15.5 Å². The van der Waals surface area contributed by atoms with Crippen molar-refractivity contribution in [1.82, 2.24) is 15.5 Å². The second-order valence-electron chi connectivity index (χ2n) is 8.30. The first-order chi connectivity index (χ1) is 16.3. The van der Waals surface area contributed by atoms with Crippen molar-refractivity contribution < 1.29 is 23.3 Å². The molecule has 0 aliphatic carbocycles. The van der Waals surface area contributed by atoms with Crippen LogP contribution in [-0.2, 0) is 16.0 Å². The third kappa shape index (κ3) is 5.17. The third-order valence-corrected chi connectivity index (χ3v) is 5.57. The molecule has 0 aliphatic rings. The molecular weight excluding hydrogens is 434 g/mol. The molecule has 4 rings (SSSR count). The molecule has 0 unspecified atom stereocenters. The third-order valence-electron chi connectivity index (χ3n) is 5.57. The molecule has 8 nitrogen and oxygen atoms in total. The fourth-order valence-electron chi connectivity index (χ4n) is 3.79. The highest BCUT2D eigenvalue weighted by molar-refractivity contribution is 6.04. The number of rotatable bonds is 8. The van der Waals surface area contributed by atoms with Gasteiger partial charge < -0.3 is 19.0 Å². The van der Waals surface area contributed by atoms with Gasteiger partial charge in [0.05, 0.1) is 28.9 Å². The zero-order valence-corrected chi connectivity index (χ0v) is 19.7. The fourth-order valence-corrected chi connectivity index (χ4v) is 3.79. The molecule has 1 amide bonds. The van der Waals surface area contributed by atoms with E-state index in [9.17, 15) is 9.59 Å². The maximum Gasteiger partial charge on any atom is 0.339 e. The molecule has 0 atom stereocenters. The lowest BCUT2D eigenvalue weighted by atomic mass is 10.1. The molecule has 3 aromatic heterocycles. The number of amides is 1. The summed E-state index contributed by atoms with van der Waals surface area (Å²) in [5.74, 6) is 0.802. The quantitative estimate of drug-likeness (QED) is 0.301. The number of ether oxygens (including phenoxy) is 1. The van der Waals surface area contributed by atoms with Gasteiger partial charge in [0.2, 0.25) is 5.91 Å². The molecule has 0 spiro atoms. The number of furan rings is 1. The van der Waals surface area contributed by atoms with Gasteiger partial charge in [0.25, 0.3) is 5.71 Å². The van der Waals surface area contributed by atoms with Gasteiger partial charge in [-0.25, -0.2) is 9.78 Å². The molecule has 0 saturated heterocycles. The lowest BCUT2D eigenvalue weighted by molar-refractivity contribution is -0.121. The van der Waals surface area contributed by atoms with Crippen LogP contribution in [0.15, 0.2) is 45.3 Å². The highest BCUT2D eigenvalue weighted by atomic mass is 16.5. The summed E-state index contributed by atoms with van der Waals surface area (Å²) in [6, 6.07) is 11.6. The van der Waals surface area contributed by atoms with Crippen LogP contribution in [0.4, 0.5) is 0 Å². The van der Waals surface area contributed by atoms with Crippen molar-refractivity contribution >= 4 is 23.0 Å². The summed E-state index contributed by atoms with van der Waals surface area (Å²) < 4.78 is 16.4. The molecule has 3 heterocycles. The zero-order valence-electron chi connectivity index (χ0n) is 19.7. The largest absolute Gasteiger partial charge is 0.466 e. The van der Waals surface area contributed by atoms with Gasteiger partial charge in [0.15, 0.2) is 0 Å². The summed E-state index contributed by atoms with van der Waals surface area (Å²) in [5, 5.41) is 7.24. The number of carbonyl (C=O) groups excluding carboxylic acids is 2. The molecule has 0 fully saturated rings. The van der Waals surface area contributed by atoms with Crippen molar-refractivity contribution in [2.45, 2.75) is 40.5 Å². The maximum atomic E-state index is 12.9. The van der Waals surface area contributed by atoms with Gasteiger partial charge in [-0.05, 0) is 51.8 Å². The molecule has 176 valence electrons. The van der Waals surface area contributed by atoms with E-state index in [1.165, 1.54) is 5.56 Å². The molecule has 0 bridgehead atoms. The Morgan fingerprint density at radius 3 is 2.53 bits per heavy atom. The summed E-state index contributed by atoms with van der Waals surface area (Å²) in [7, 11) is 0. The van der Waals surface area contributed by atoms with E-state index in [1.807, 2.05) is 51.1 Å². The molecule has 8 heteroatoms. The van der Waals surface area contributed by atoms with Crippen LogP contribution in [0.5, 0.6) is 0 Å². The summed E-state index contributed by atoms with van der Waals surface area (Å²) in [4.78, 5) is 29.5. The van der Waals surface area contributed by atoms with Gasteiger partial charge in [-0.1, -0.05) is 35.0 Å². The number of benzene rings is 1. The van der Waals surface area contributed by atoms with Crippen molar-refractivity contribution in [3.05, 3.63) is 70.3 Å². The number of carbonyl (C=O) groups is 2. The van der Waals surface area contributed by atoms with Gasteiger partial charge >= 0.3 is 5.97 Å². The van der Waals surface area contributed by atoms with Crippen LogP contribution in [-0.4, -0.2) is 35.2 Å². The highest BCUT2D eigenvalue weighted by Crippen LogP contribution is 2.30. The topological polar surface area (TPSA) is 107 Å². The average molecular weight is 462 g/mol. The fraction of sp³-hybridized carbons (Fsp3) is 0.308. The monoisotopic (exact) mass is 461 g/mol. The number of nitrogens with zero attached hydrogens (tertiary/aromatic N) is 2. The van der Waals surface area contributed by atoms with Crippen LogP contribution in [0.3, 0.4) is 0 Å². The number of hydrogen-bond acceptors (Lipinski definition) is 7. The molecular formula is C26H27N3O5. The van der Waals surface area contributed by atoms with Crippen LogP contribution in [0.1, 0.15) is 45.1 Å². The van der Waals surface area contributed by atoms with Crippen LogP contribution in [0.2, 0.25) is 0 Å². The van der Waals surface area contributed by atoms with E-state index >= 15 is 0 Å². The molecule has 0 radical (unpaired) electrons. The molecule has 1 aromatic carbocycles. The summed E-state index contributed by atoms with van der Waals surface area (Å²) in [6.45, 7) is 7.72. The first kappa shape index (κ1) is 23.2. The Morgan fingerprint density at radius 2 is 1.82 bits per heavy atom. The Balaban J connectivity index is 1.38. The Morgan fingerprint density at radius 1 is 1.06 bits per heavy atom. The molecule has 34 heavy (non-hydrogen) atoms. The van der Waals surface area contributed by atoms with Gasteiger partial charge in [-0.3, -0.25) is 4.79 Å². The van der Waals surface area contributed by atoms with Crippen molar-refractivity contribution in [3.63, 3.8) is 0 Å². The molecule has 0 aliphatic heterocycles. The lowest BCUT2D eigenvalue weighted by Crippen LogP contribution is -2.28. The first-order valence-corrected chi connectivity index (χ1v) is 11.2. The van der Waals surface area contributed by atoms with Crippen LogP contribution in [0.25, 0.3) is 22.4 Å². The average Bonchev–Trinajstić information content (AvgIpc) is 3.36. The SMILES string of the molecule is Cc1ccc(CCC(=O)NCCOC(=O)c2cc(-c3cc(C)oc3C)nc3onc(C)c23)cc1. The Hall–Kier alpha value is -3.94. The second kappa shape index (κ2) is 9.91. The predicted octanol–water partition coefficient (Wildman–Crippen LogP) is 4.62. The van der Waals surface area contributed by atoms with E-state index in [4.69, 9.17) is 13.7 Å². The lowest BCUT2D eigenvalue weighted by Gasteiger charge is -2.09. The predicted molar refractivity (Wildman–Crippen MR) is 127 cm³/mol. The van der Waals surface area contributed by atoms with E-state index in [0.717, 1.165) is 16.9 Å². The van der Waals surface area contributed by atoms with Crippen LogP contribution >= 0.6 is 0 Å². The number of aromatic nitrogens is 2. The van der Waals surface area contributed by atoms with Crippen molar-refractivity contribution in [3.8, 4) is 11.3 Å². The minimum absolute atomic E-state index is 0.0441. The number of pyridine rings is 1. The number of esters is 1. The van der Waals surface area contributed by atoms with Crippen LogP contribution < -0.4 is 5.32 Å². The van der Waals surface area contributed by atoms with Gasteiger partial charge in [0.1, 0.15) is 18.1 Å². The minimum atomic E-state index is -0.535. The normalized spacial score (nSPS) is 11.1. The van der Waals surface area contributed by atoms with Crippen molar-refractivity contribution in [1.29, 1.82) is 0 Å². The minimum Gasteiger partial charge on any atom is -0.466 e. The Kier molecular flexibility index (Phi) is 6.77. The van der Waals surface area contributed by atoms with E-state index in [1.54, 1.807) is 13.0 Å². The summed E-state index contributed by atoms with van der Waals surface area (Å²) in [6.07, 6.45) is 1.03. The van der Waals surface area contributed by atoms with E-state index < -0.39 is 5.97 Å². The van der Waals surface area contributed by atoms with Gasteiger partial charge in [-0.15, -0.1) is 0 Å². The van der Waals surface area contributed by atoms with Crippen molar-refractivity contribution in [2.24, 2.45) is 0 Å². The molecule has 1 N–H and O–H groups in total. The molecule has 4 aromatic rings. The smallest absolute Gasteiger partial charge is 0.339 e. The van der Waals surface area contributed by atoms with Gasteiger partial charge in [0, 0.05) is 12.0 Å². The number of nitrogens with one attached hydrogen (secondary N) is 1. The van der Waals surface area contributed by atoms with Crippen LogP contribution in [0, 0.1) is 27.7 Å². The van der Waals surface area contributed by atoms with E-state index in [0.29, 0.717) is 40.9 Å². The second-order valence-corrected chi connectivity index (χ2v) is 8.30. The Bertz CT molecular complexity index is 1330. The Labute approximate surface area is 197 Å². The molecule has 0 saturated carbocycles.